The van der Waals surface area contributed by atoms with E-state index in [1.165, 1.54) is 33.4 Å². The fourth-order valence-electron chi connectivity index (χ4n) is 9.81. The van der Waals surface area contributed by atoms with E-state index in [0.717, 1.165) is 72.3 Å². The predicted molar refractivity (Wildman–Crippen MR) is 254 cm³/mol. The van der Waals surface area contributed by atoms with Crippen molar-refractivity contribution in [2.75, 3.05) is 0 Å². The Hall–Kier alpha value is -8.14. The molecule has 2 aromatic heterocycles. The van der Waals surface area contributed by atoms with Crippen LogP contribution in [0.4, 0.5) is 0 Å². The number of nitrogens with zero attached hydrogens (tertiary/aromatic N) is 2. The van der Waals surface area contributed by atoms with Crippen molar-refractivity contribution >= 4 is 21.9 Å². The second-order valence-electron chi connectivity index (χ2n) is 16.1. The minimum atomic E-state index is -0.434. The first-order valence-corrected chi connectivity index (χ1v) is 21.1. The first-order chi connectivity index (χ1) is 30.7. The number of hydrogen-bond acceptors (Lipinski definition) is 3. The Kier molecular flexibility index (Phi) is 8.39. The van der Waals surface area contributed by atoms with Crippen LogP contribution < -0.4 is 0 Å². The van der Waals surface area contributed by atoms with E-state index >= 15 is 0 Å². The van der Waals surface area contributed by atoms with Gasteiger partial charge >= 0.3 is 0 Å². The Morgan fingerprint density at radius 1 is 0.323 bits per heavy atom. The van der Waals surface area contributed by atoms with Gasteiger partial charge in [0.25, 0.3) is 0 Å². The molecule has 0 radical (unpaired) electrons. The molecule has 12 rings (SSSR count). The van der Waals surface area contributed by atoms with Crippen LogP contribution in [0.1, 0.15) is 22.3 Å². The van der Waals surface area contributed by atoms with E-state index in [1.807, 2.05) is 36.4 Å². The molecule has 62 heavy (non-hydrogen) atoms. The zero-order valence-electron chi connectivity index (χ0n) is 33.7. The molecule has 0 bridgehead atoms. The molecule has 0 saturated carbocycles. The van der Waals surface area contributed by atoms with Crippen LogP contribution in [0.5, 0.6) is 0 Å². The van der Waals surface area contributed by atoms with E-state index in [2.05, 4.69) is 194 Å². The van der Waals surface area contributed by atoms with Crippen molar-refractivity contribution < 1.29 is 4.42 Å². The lowest BCUT2D eigenvalue weighted by atomic mass is 9.67. The SMILES string of the molecule is c1ccc(-c2nc(-c3cccc(-c4ccc5c(c4)-c4ccccc4C5(c4ccccc4)c4ccccc4)c3)cc(-c3cccc(-c4cccc5oc6ccccc6c45)c3)n2)cc1. The molecule has 0 fully saturated rings. The minimum Gasteiger partial charge on any atom is -0.456 e. The van der Waals surface area contributed by atoms with Crippen molar-refractivity contribution in [1.82, 2.24) is 9.97 Å². The molecule has 9 aromatic carbocycles. The largest absolute Gasteiger partial charge is 0.456 e. The molecule has 3 nitrogen and oxygen atoms in total. The van der Waals surface area contributed by atoms with Crippen LogP contribution in [0.2, 0.25) is 0 Å². The number of aromatic nitrogens is 2. The summed E-state index contributed by atoms with van der Waals surface area (Å²) in [6, 6.07) is 82.2. The number of fused-ring (bicyclic) bond motifs is 6. The second-order valence-corrected chi connectivity index (χ2v) is 16.1. The fourth-order valence-corrected chi connectivity index (χ4v) is 9.81. The summed E-state index contributed by atoms with van der Waals surface area (Å²) in [5, 5.41) is 2.23. The smallest absolute Gasteiger partial charge is 0.160 e. The molecule has 290 valence electrons. The van der Waals surface area contributed by atoms with E-state index in [1.54, 1.807) is 0 Å². The Morgan fingerprint density at radius 2 is 0.839 bits per heavy atom. The fraction of sp³-hybridized carbons (Fsp3) is 0.0169. The molecule has 3 heteroatoms. The number of furan rings is 1. The zero-order valence-corrected chi connectivity index (χ0v) is 33.7. The van der Waals surface area contributed by atoms with Gasteiger partial charge in [0.05, 0.1) is 16.8 Å². The highest BCUT2D eigenvalue weighted by atomic mass is 16.3. The summed E-state index contributed by atoms with van der Waals surface area (Å²) < 4.78 is 6.26. The maximum atomic E-state index is 6.26. The quantitative estimate of drug-likeness (QED) is 0.161. The van der Waals surface area contributed by atoms with Crippen LogP contribution in [0.25, 0.3) is 89.2 Å². The van der Waals surface area contributed by atoms with Crippen molar-refractivity contribution in [1.29, 1.82) is 0 Å². The maximum Gasteiger partial charge on any atom is 0.160 e. The van der Waals surface area contributed by atoms with E-state index in [-0.39, 0.29) is 0 Å². The lowest BCUT2D eigenvalue weighted by Crippen LogP contribution is -2.28. The van der Waals surface area contributed by atoms with Crippen LogP contribution in [-0.4, -0.2) is 9.97 Å². The molecule has 0 atom stereocenters. The highest BCUT2D eigenvalue weighted by Crippen LogP contribution is 2.56. The average Bonchev–Trinajstić information content (AvgIpc) is 3.89. The summed E-state index contributed by atoms with van der Waals surface area (Å²) in [4.78, 5) is 10.4. The van der Waals surface area contributed by atoms with Crippen molar-refractivity contribution in [2.24, 2.45) is 0 Å². The molecular formula is C59H38N2O. The molecule has 0 aliphatic heterocycles. The summed E-state index contributed by atoms with van der Waals surface area (Å²) in [5.74, 6) is 0.684. The Morgan fingerprint density at radius 3 is 1.58 bits per heavy atom. The summed E-state index contributed by atoms with van der Waals surface area (Å²) in [7, 11) is 0. The molecule has 0 amide bonds. The number of hydrogen-bond donors (Lipinski definition) is 0. The molecule has 0 saturated heterocycles. The highest BCUT2D eigenvalue weighted by Gasteiger charge is 2.45. The van der Waals surface area contributed by atoms with Gasteiger partial charge in [0, 0.05) is 27.5 Å². The molecule has 1 aliphatic carbocycles. The van der Waals surface area contributed by atoms with Gasteiger partial charge in [-0.2, -0.15) is 0 Å². The van der Waals surface area contributed by atoms with Crippen molar-refractivity contribution in [2.45, 2.75) is 5.41 Å². The highest BCUT2D eigenvalue weighted by molar-refractivity contribution is 6.12. The van der Waals surface area contributed by atoms with E-state index in [4.69, 9.17) is 14.4 Å². The molecule has 0 spiro atoms. The van der Waals surface area contributed by atoms with Gasteiger partial charge in [-0.25, -0.2) is 9.97 Å². The lowest BCUT2D eigenvalue weighted by Gasteiger charge is -2.33. The zero-order chi connectivity index (χ0) is 41.0. The normalized spacial score (nSPS) is 12.6. The van der Waals surface area contributed by atoms with Gasteiger partial charge in [-0.1, -0.05) is 194 Å². The third-order valence-electron chi connectivity index (χ3n) is 12.6. The van der Waals surface area contributed by atoms with Gasteiger partial charge in [0.1, 0.15) is 11.2 Å². The maximum absolute atomic E-state index is 6.26. The topological polar surface area (TPSA) is 38.9 Å². The monoisotopic (exact) mass is 790 g/mol. The van der Waals surface area contributed by atoms with Gasteiger partial charge in [-0.05, 0) is 92.0 Å². The molecule has 0 N–H and O–H groups in total. The Balaban J connectivity index is 0.984. The number of benzene rings is 9. The third kappa shape index (κ3) is 5.74. The molecule has 1 aliphatic rings. The predicted octanol–water partition coefficient (Wildman–Crippen LogP) is 15.1. The van der Waals surface area contributed by atoms with Crippen molar-refractivity contribution in [3.63, 3.8) is 0 Å². The van der Waals surface area contributed by atoms with Crippen LogP contribution in [0.3, 0.4) is 0 Å². The molecule has 11 aromatic rings. The summed E-state index contributed by atoms with van der Waals surface area (Å²) in [6.45, 7) is 0. The average molecular weight is 791 g/mol. The van der Waals surface area contributed by atoms with Gasteiger partial charge in [0.2, 0.25) is 0 Å². The summed E-state index contributed by atoms with van der Waals surface area (Å²) in [5.41, 5.74) is 18.2. The second kappa shape index (κ2) is 14.5. The van der Waals surface area contributed by atoms with Gasteiger partial charge < -0.3 is 4.42 Å². The molecule has 0 unspecified atom stereocenters. The summed E-state index contributed by atoms with van der Waals surface area (Å²) >= 11 is 0. The standard InChI is InChI=1S/C59H38N2O/c1-4-17-39(18-5-1)58-60-53(38-54(61-58)44-22-15-20-42(36-44)47-29-16-32-56-57(47)49-28-11-13-31-55(49)62-56)43-21-14-19-40(35-43)41-33-34-52-50(37-41)48-27-10-12-30-51(48)59(52,45-23-6-2-7-24-45)46-25-8-3-9-26-46/h1-38H. The van der Waals surface area contributed by atoms with Crippen LogP contribution in [0, 0.1) is 0 Å². The van der Waals surface area contributed by atoms with Gasteiger partial charge in [-0.15, -0.1) is 0 Å². The lowest BCUT2D eigenvalue weighted by molar-refractivity contribution is 0.669. The van der Waals surface area contributed by atoms with Crippen LogP contribution >= 0.6 is 0 Å². The van der Waals surface area contributed by atoms with E-state index < -0.39 is 5.41 Å². The molecular weight excluding hydrogens is 753 g/mol. The Bertz CT molecular complexity index is 3420. The van der Waals surface area contributed by atoms with Crippen molar-refractivity contribution in [3.05, 3.63) is 253 Å². The van der Waals surface area contributed by atoms with Gasteiger partial charge in [-0.3, -0.25) is 0 Å². The third-order valence-corrected chi connectivity index (χ3v) is 12.6. The van der Waals surface area contributed by atoms with E-state index in [9.17, 15) is 0 Å². The summed E-state index contributed by atoms with van der Waals surface area (Å²) in [6.07, 6.45) is 0. The molecule has 2 heterocycles. The Labute approximate surface area is 360 Å². The number of rotatable bonds is 7. The minimum absolute atomic E-state index is 0.434. The van der Waals surface area contributed by atoms with Gasteiger partial charge in [0.15, 0.2) is 5.82 Å². The first kappa shape index (κ1) is 35.8. The van der Waals surface area contributed by atoms with Crippen molar-refractivity contribution in [3.8, 4) is 67.3 Å². The van der Waals surface area contributed by atoms with E-state index in [0.29, 0.717) is 5.82 Å². The van der Waals surface area contributed by atoms with Crippen LogP contribution in [-0.2, 0) is 5.41 Å². The first-order valence-electron chi connectivity index (χ1n) is 21.1. The van der Waals surface area contributed by atoms with Crippen LogP contribution in [0.15, 0.2) is 235 Å². The number of para-hydroxylation sites is 1.